The Labute approximate surface area is 220 Å². The highest BCUT2D eigenvalue weighted by atomic mass is 35.5. The van der Waals surface area contributed by atoms with Gasteiger partial charge in [0.2, 0.25) is 5.91 Å². The maximum absolute atomic E-state index is 13.5. The summed E-state index contributed by atoms with van der Waals surface area (Å²) in [5.74, 6) is 2.70. The molecule has 0 aromatic heterocycles. The van der Waals surface area contributed by atoms with Crippen LogP contribution in [0, 0.1) is 11.3 Å². The summed E-state index contributed by atoms with van der Waals surface area (Å²) in [6.07, 6.45) is 7.86. The highest BCUT2D eigenvalue weighted by Gasteiger charge is 2.46. The van der Waals surface area contributed by atoms with Crippen LogP contribution in [0.4, 0.5) is 0 Å². The Hall–Kier alpha value is -1.66. The van der Waals surface area contributed by atoms with E-state index in [1.807, 2.05) is 23.9 Å². The highest BCUT2D eigenvalue weighted by Crippen LogP contribution is 2.42. The molecule has 1 aliphatic carbocycles. The van der Waals surface area contributed by atoms with Gasteiger partial charge in [-0.05, 0) is 78.7 Å². The van der Waals surface area contributed by atoms with Crippen molar-refractivity contribution in [2.75, 3.05) is 24.6 Å². The molecule has 1 heterocycles. The third-order valence-corrected chi connectivity index (χ3v) is 8.45. The van der Waals surface area contributed by atoms with E-state index in [0.29, 0.717) is 23.2 Å². The first-order chi connectivity index (χ1) is 16.7. The van der Waals surface area contributed by atoms with Crippen LogP contribution in [-0.2, 0) is 14.3 Å². The Morgan fingerprint density at radius 3 is 2.60 bits per heavy atom. The van der Waals surface area contributed by atoms with Crippen molar-refractivity contribution in [2.45, 2.75) is 78.4 Å². The second-order valence-electron chi connectivity index (χ2n) is 10.8. The molecule has 1 N–H and O–H groups in total. The van der Waals surface area contributed by atoms with Gasteiger partial charge in [-0.25, -0.2) is 0 Å². The molecule has 5 nitrogen and oxygen atoms in total. The molecule has 1 saturated heterocycles. The Morgan fingerprint density at radius 2 is 1.91 bits per heavy atom. The van der Waals surface area contributed by atoms with Gasteiger partial charge in [0.1, 0.15) is 12.6 Å². The van der Waals surface area contributed by atoms with Crippen molar-refractivity contribution in [1.82, 2.24) is 10.2 Å². The van der Waals surface area contributed by atoms with Crippen molar-refractivity contribution >= 4 is 41.3 Å². The van der Waals surface area contributed by atoms with Crippen molar-refractivity contribution in [3.63, 3.8) is 0 Å². The molecule has 3 rings (SSSR count). The predicted octanol–water partition coefficient (Wildman–Crippen LogP) is 6.16. The highest BCUT2D eigenvalue weighted by molar-refractivity contribution is 7.99. The molecule has 2 amide bonds. The van der Waals surface area contributed by atoms with Gasteiger partial charge in [0.25, 0.3) is 5.91 Å². The molecule has 2 fully saturated rings. The normalized spacial score (nSPS) is 23.7. The number of unbranched alkanes of at least 4 members (excludes halogenated alkanes) is 1. The van der Waals surface area contributed by atoms with Crippen molar-refractivity contribution in [3.8, 4) is 0 Å². The number of amides is 2. The van der Waals surface area contributed by atoms with Gasteiger partial charge in [0.15, 0.2) is 5.76 Å². The molecule has 1 aromatic rings. The smallest absolute Gasteiger partial charge is 0.289 e. The van der Waals surface area contributed by atoms with Crippen LogP contribution >= 0.6 is 23.4 Å². The zero-order valence-corrected chi connectivity index (χ0v) is 23.2. The van der Waals surface area contributed by atoms with E-state index >= 15 is 0 Å². The number of carbonyl (C=O) groups is 2. The van der Waals surface area contributed by atoms with Crippen LogP contribution in [0.2, 0.25) is 5.02 Å². The van der Waals surface area contributed by atoms with Crippen LogP contribution in [0.5, 0.6) is 0 Å². The Morgan fingerprint density at radius 1 is 1.20 bits per heavy atom. The molecule has 1 aliphatic heterocycles. The summed E-state index contributed by atoms with van der Waals surface area (Å²) in [6, 6.07) is 7.24. The van der Waals surface area contributed by atoms with Crippen LogP contribution in [0.1, 0.15) is 71.8 Å². The molecule has 0 spiro atoms. The fraction of sp³-hybridized carbons (Fsp3) is 0.643. The maximum atomic E-state index is 13.5. The van der Waals surface area contributed by atoms with Gasteiger partial charge in [0, 0.05) is 11.6 Å². The number of hydrogen-bond acceptors (Lipinski definition) is 4. The number of nitrogens with zero attached hydrogens (tertiary/aromatic N) is 1. The lowest BCUT2D eigenvalue weighted by Gasteiger charge is -2.48. The number of nitrogens with one attached hydrogen (secondary N) is 1. The summed E-state index contributed by atoms with van der Waals surface area (Å²) in [5, 5.41) is 3.67. The zero-order chi connectivity index (χ0) is 25.4. The Balaban J connectivity index is 1.69. The van der Waals surface area contributed by atoms with Crippen molar-refractivity contribution in [1.29, 1.82) is 0 Å². The zero-order valence-electron chi connectivity index (χ0n) is 21.6. The summed E-state index contributed by atoms with van der Waals surface area (Å²) < 4.78 is 6.26. The van der Waals surface area contributed by atoms with E-state index in [9.17, 15) is 9.59 Å². The number of ether oxygens (including phenoxy) is 1. The molecule has 194 valence electrons. The lowest BCUT2D eigenvalue weighted by Crippen LogP contribution is -2.58. The molecule has 0 radical (unpaired) electrons. The summed E-state index contributed by atoms with van der Waals surface area (Å²) >= 11 is 7.95. The minimum atomic E-state index is -0.207. The van der Waals surface area contributed by atoms with Crippen LogP contribution in [0.3, 0.4) is 0 Å². The van der Waals surface area contributed by atoms with Gasteiger partial charge in [0.05, 0.1) is 6.04 Å². The van der Waals surface area contributed by atoms with Gasteiger partial charge in [-0.2, -0.15) is 11.8 Å². The number of thioether (sulfide) groups is 1. The first-order valence-electron chi connectivity index (χ1n) is 13.0. The third kappa shape index (κ3) is 8.18. The van der Waals surface area contributed by atoms with Gasteiger partial charge < -0.3 is 15.0 Å². The minimum Gasteiger partial charge on any atom is -0.482 e. The molecule has 2 aliphatic rings. The molecule has 3 unspecified atom stereocenters. The summed E-state index contributed by atoms with van der Waals surface area (Å²) in [6.45, 7) is 9.68. The second kappa shape index (κ2) is 13.0. The van der Waals surface area contributed by atoms with Crippen LogP contribution in [0.15, 0.2) is 30.0 Å². The molecular formula is C28H41ClN2O3S. The third-order valence-electron chi connectivity index (χ3n) is 7.04. The lowest BCUT2D eigenvalue weighted by molar-refractivity contribution is -0.154. The van der Waals surface area contributed by atoms with E-state index in [4.69, 9.17) is 16.3 Å². The molecule has 7 heteroatoms. The molecular weight excluding hydrogens is 480 g/mol. The number of carbonyl (C=O) groups excluding carboxylic acids is 2. The number of hydrogen-bond donors (Lipinski definition) is 1. The quantitative estimate of drug-likeness (QED) is 0.296. The van der Waals surface area contributed by atoms with Gasteiger partial charge >= 0.3 is 0 Å². The van der Waals surface area contributed by atoms with Crippen LogP contribution in [0.25, 0.3) is 6.08 Å². The number of fused-ring (bicyclic) bond motifs is 1. The van der Waals surface area contributed by atoms with E-state index in [-0.39, 0.29) is 35.9 Å². The average Bonchev–Trinajstić information content (AvgIpc) is 2.81. The van der Waals surface area contributed by atoms with E-state index in [1.165, 1.54) is 18.6 Å². The van der Waals surface area contributed by atoms with E-state index in [2.05, 4.69) is 33.0 Å². The minimum absolute atomic E-state index is 0.0706. The SMILES string of the molecule is CCCCSCCCNC(=O)CN1C(=O)/C(=C\c2ccc(Cl)cc2)OC2CCC(C(C)(C)C)CC21. The van der Waals surface area contributed by atoms with E-state index in [1.54, 1.807) is 23.1 Å². The standard InChI is InChI=1S/C28H41ClN2O3S/c1-5-6-15-35-16-7-14-30-26(32)19-31-23-18-21(28(2,3)4)10-13-24(23)34-25(27(31)33)17-20-8-11-22(29)12-9-20/h8-9,11-12,17,21,23-24H,5-7,10,13-16,18-19H2,1-4H3,(H,30,32)/b25-17+. The summed E-state index contributed by atoms with van der Waals surface area (Å²) in [4.78, 5) is 28.2. The number of benzene rings is 1. The fourth-order valence-electron chi connectivity index (χ4n) is 4.83. The van der Waals surface area contributed by atoms with Crippen molar-refractivity contribution in [3.05, 3.63) is 40.6 Å². The van der Waals surface area contributed by atoms with Gasteiger partial charge in [-0.15, -0.1) is 0 Å². The van der Waals surface area contributed by atoms with Crippen molar-refractivity contribution in [2.24, 2.45) is 11.3 Å². The first-order valence-corrected chi connectivity index (χ1v) is 14.5. The second-order valence-corrected chi connectivity index (χ2v) is 12.4. The Bertz CT molecular complexity index is 881. The summed E-state index contributed by atoms with van der Waals surface area (Å²) in [5.41, 5.74) is 1.00. The number of morpholine rings is 1. The average molecular weight is 521 g/mol. The predicted molar refractivity (Wildman–Crippen MR) is 146 cm³/mol. The monoisotopic (exact) mass is 520 g/mol. The number of halogens is 1. The molecule has 35 heavy (non-hydrogen) atoms. The van der Waals surface area contributed by atoms with E-state index in [0.717, 1.165) is 37.0 Å². The largest absolute Gasteiger partial charge is 0.482 e. The molecule has 0 bridgehead atoms. The molecule has 1 saturated carbocycles. The lowest BCUT2D eigenvalue weighted by atomic mass is 9.69. The van der Waals surface area contributed by atoms with Crippen LogP contribution in [-0.4, -0.2) is 53.5 Å². The summed E-state index contributed by atoms with van der Waals surface area (Å²) in [7, 11) is 0. The first kappa shape index (κ1) is 27.9. The number of rotatable bonds is 10. The molecule has 1 aromatic carbocycles. The maximum Gasteiger partial charge on any atom is 0.289 e. The molecule has 3 atom stereocenters. The van der Waals surface area contributed by atoms with Gasteiger partial charge in [-0.1, -0.05) is 57.8 Å². The topological polar surface area (TPSA) is 58.6 Å². The van der Waals surface area contributed by atoms with Gasteiger partial charge in [-0.3, -0.25) is 9.59 Å². The Kier molecular flexibility index (Phi) is 10.4. The van der Waals surface area contributed by atoms with E-state index < -0.39 is 0 Å². The fourth-order valence-corrected chi connectivity index (χ4v) is 6.00. The van der Waals surface area contributed by atoms with Crippen LogP contribution < -0.4 is 5.32 Å². The van der Waals surface area contributed by atoms with Crippen molar-refractivity contribution < 1.29 is 14.3 Å².